The number of carbonyl (C=O) groups excluding carboxylic acids is 2. The summed E-state index contributed by atoms with van der Waals surface area (Å²) >= 11 is 7.14. The average molecular weight is 446 g/mol. The average Bonchev–Trinajstić information content (AvgIpc) is 3.31. The highest BCUT2D eigenvalue weighted by molar-refractivity contribution is 7.16. The topological polar surface area (TPSA) is 80.3 Å². The fraction of sp³-hybridized carbons (Fsp3) is 0.190. The summed E-state index contributed by atoms with van der Waals surface area (Å²) in [6.07, 6.45) is 1.33. The Kier molecular flexibility index (Phi) is 5.69. The molecule has 2 amide bonds. The number of fused-ring (bicyclic) bond motifs is 1. The third kappa shape index (κ3) is 4.15. The van der Waals surface area contributed by atoms with E-state index in [1.165, 1.54) is 29.5 Å². The summed E-state index contributed by atoms with van der Waals surface area (Å²) < 4.78 is 18.4. The number of nitrogens with one attached hydrogen (secondary N) is 2. The SMILES string of the molecule is COc1ccc(C(=O)Nc2nc3c(s2)CCC3C(=O)Nc2ccc(F)c(Cl)c2)cc1. The molecular weight excluding hydrogens is 429 g/mol. The van der Waals surface area contributed by atoms with Gasteiger partial charge >= 0.3 is 0 Å². The minimum absolute atomic E-state index is 0.0582. The van der Waals surface area contributed by atoms with Gasteiger partial charge in [0.2, 0.25) is 5.91 Å². The van der Waals surface area contributed by atoms with Crippen LogP contribution in [0.15, 0.2) is 42.5 Å². The first-order valence-electron chi connectivity index (χ1n) is 9.15. The van der Waals surface area contributed by atoms with E-state index in [0.717, 1.165) is 4.88 Å². The van der Waals surface area contributed by atoms with Crippen molar-refractivity contribution >= 4 is 45.6 Å². The van der Waals surface area contributed by atoms with Crippen molar-refractivity contribution < 1.29 is 18.7 Å². The van der Waals surface area contributed by atoms with Gasteiger partial charge in [0.05, 0.1) is 23.7 Å². The van der Waals surface area contributed by atoms with E-state index in [-0.39, 0.29) is 16.8 Å². The Hall–Kier alpha value is -2.97. The third-order valence-corrected chi connectivity index (χ3v) is 6.13. The van der Waals surface area contributed by atoms with Crippen molar-refractivity contribution in [1.29, 1.82) is 0 Å². The Bertz CT molecular complexity index is 1120. The zero-order valence-electron chi connectivity index (χ0n) is 15.9. The maximum atomic E-state index is 13.3. The van der Waals surface area contributed by atoms with Crippen LogP contribution in [0.25, 0.3) is 0 Å². The number of rotatable bonds is 5. The maximum absolute atomic E-state index is 13.3. The molecule has 1 aromatic heterocycles. The molecule has 0 aliphatic heterocycles. The molecule has 0 fully saturated rings. The molecule has 6 nitrogen and oxygen atoms in total. The minimum atomic E-state index is -0.547. The predicted molar refractivity (Wildman–Crippen MR) is 114 cm³/mol. The molecule has 0 radical (unpaired) electrons. The van der Waals surface area contributed by atoms with Crippen LogP contribution in [-0.4, -0.2) is 23.9 Å². The number of nitrogens with zero attached hydrogens (tertiary/aromatic N) is 1. The van der Waals surface area contributed by atoms with Crippen LogP contribution >= 0.6 is 22.9 Å². The van der Waals surface area contributed by atoms with Gasteiger partial charge in [0.1, 0.15) is 11.6 Å². The van der Waals surface area contributed by atoms with E-state index in [9.17, 15) is 14.0 Å². The molecular formula is C21H17ClFN3O3S. The Balaban J connectivity index is 1.45. The van der Waals surface area contributed by atoms with Crippen molar-refractivity contribution in [3.05, 3.63) is 69.4 Å². The second-order valence-electron chi connectivity index (χ2n) is 6.72. The number of aryl methyl sites for hydroxylation is 1. The summed E-state index contributed by atoms with van der Waals surface area (Å²) in [5.41, 5.74) is 1.56. The molecule has 2 N–H and O–H groups in total. The zero-order valence-corrected chi connectivity index (χ0v) is 17.4. The highest BCUT2D eigenvalue weighted by Gasteiger charge is 2.33. The van der Waals surface area contributed by atoms with Crippen molar-refractivity contribution in [2.75, 3.05) is 17.7 Å². The molecule has 2 aromatic carbocycles. The van der Waals surface area contributed by atoms with E-state index in [1.54, 1.807) is 31.4 Å². The van der Waals surface area contributed by atoms with Crippen LogP contribution in [0.1, 0.15) is 33.3 Å². The quantitative estimate of drug-likeness (QED) is 0.587. The third-order valence-electron chi connectivity index (χ3n) is 4.79. The molecule has 30 heavy (non-hydrogen) atoms. The standard InChI is InChI=1S/C21H17ClFN3O3S/c1-29-13-5-2-11(3-6-13)19(27)26-21-25-18-14(7-9-17(18)30-21)20(28)24-12-4-8-16(23)15(22)10-12/h2-6,8,10,14H,7,9H2,1H3,(H,24,28)(H,25,26,27). The number of ether oxygens (including phenoxy) is 1. The van der Waals surface area contributed by atoms with Gasteiger partial charge in [-0.1, -0.05) is 11.6 Å². The molecule has 0 saturated carbocycles. The molecule has 0 saturated heterocycles. The number of benzene rings is 2. The number of hydrogen-bond donors (Lipinski definition) is 2. The molecule has 0 bridgehead atoms. The van der Waals surface area contributed by atoms with E-state index < -0.39 is 11.7 Å². The number of carbonyl (C=O) groups is 2. The van der Waals surface area contributed by atoms with Gasteiger partial charge in [-0.25, -0.2) is 9.37 Å². The summed E-state index contributed by atoms with van der Waals surface area (Å²) in [6.45, 7) is 0. The zero-order chi connectivity index (χ0) is 21.3. The first kappa shape index (κ1) is 20.3. The molecule has 1 unspecified atom stereocenters. The Morgan fingerprint density at radius 1 is 1.20 bits per heavy atom. The van der Waals surface area contributed by atoms with E-state index in [4.69, 9.17) is 16.3 Å². The monoisotopic (exact) mass is 445 g/mol. The van der Waals surface area contributed by atoms with Gasteiger partial charge in [0.15, 0.2) is 5.13 Å². The molecule has 9 heteroatoms. The van der Waals surface area contributed by atoms with E-state index in [0.29, 0.717) is 40.7 Å². The van der Waals surface area contributed by atoms with Crippen molar-refractivity contribution in [1.82, 2.24) is 4.98 Å². The van der Waals surface area contributed by atoms with Gasteiger partial charge in [-0.15, -0.1) is 11.3 Å². The van der Waals surface area contributed by atoms with Gasteiger partial charge in [0, 0.05) is 16.1 Å². The molecule has 1 atom stereocenters. The summed E-state index contributed by atoms with van der Waals surface area (Å²) in [7, 11) is 1.56. The predicted octanol–water partition coefficient (Wildman–Crippen LogP) is 4.87. The molecule has 4 rings (SSSR count). The normalized spacial score (nSPS) is 14.8. The van der Waals surface area contributed by atoms with Gasteiger partial charge in [0.25, 0.3) is 5.91 Å². The molecule has 1 heterocycles. The molecule has 154 valence electrons. The van der Waals surface area contributed by atoms with Gasteiger partial charge < -0.3 is 10.1 Å². The number of hydrogen-bond acceptors (Lipinski definition) is 5. The number of methoxy groups -OCH3 is 1. The first-order valence-corrected chi connectivity index (χ1v) is 10.3. The molecule has 3 aromatic rings. The lowest BCUT2D eigenvalue weighted by Gasteiger charge is -2.11. The molecule has 0 spiro atoms. The summed E-state index contributed by atoms with van der Waals surface area (Å²) in [5.74, 6) is -0.848. The van der Waals surface area contributed by atoms with Crippen molar-refractivity contribution in [2.45, 2.75) is 18.8 Å². The number of anilines is 2. The van der Waals surface area contributed by atoms with Crippen LogP contribution in [0.2, 0.25) is 5.02 Å². The van der Waals surface area contributed by atoms with Crippen molar-refractivity contribution in [3.8, 4) is 5.75 Å². The fourth-order valence-electron chi connectivity index (χ4n) is 3.25. The van der Waals surface area contributed by atoms with Crippen molar-refractivity contribution in [2.24, 2.45) is 0 Å². The maximum Gasteiger partial charge on any atom is 0.257 e. The van der Waals surface area contributed by atoms with Crippen LogP contribution in [0.4, 0.5) is 15.2 Å². The van der Waals surface area contributed by atoms with Crippen LogP contribution in [0, 0.1) is 5.82 Å². The van der Waals surface area contributed by atoms with Gasteiger partial charge in [-0.05, 0) is 55.3 Å². The summed E-state index contributed by atoms with van der Waals surface area (Å²) in [6, 6.07) is 10.8. The van der Waals surface area contributed by atoms with E-state index in [1.807, 2.05) is 0 Å². The van der Waals surface area contributed by atoms with Crippen LogP contribution in [0.3, 0.4) is 0 Å². The summed E-state index contributed by atoms with van der Waals surface area (Å²) in [5, 5.41) is 5.93. The second-order valence-corrected chi connectivity index (χ2v) is 8.21. The van der Waals surface area contributed by atoms with E-state index >= 15 is 0 Å². The Morgan fingerprint density at radius 2 is 1.97 bits per heavy atom. The van der Waals surface area contributed by atoms with Crippen molar-refractivity contribution in [3.63, 3.8) is 0 Å². The number of halogens is 2. The molecule has 1 aliphatic rings. The lowest BCUT2D eigenvalue weighted by atomic mass is 10.1. The van der Waals surface area contributed by atoms with Gasteiger partial charge in [-0.3, -0.25) is 14.9 Å². The minimum Gasteiger partial charge on any atom is -0.497 e. The highest BCUT2D eigenvalue weighted by Crippen LogP contribution is 2.39. The Labute approximate surface area is 181 Å². The highest BCUT2D eigenvalue weighted by atomic mass is 35.5. The lowest BCUT2D eigenvalue weighted by Crippen LogP contribution is -2.20. The fourth-order valence-corrected chi connectivity index (χ4v) is 4.46. The Morgan fingerprint density at radius 3 is 2.67 bits per heavy atom. The van der Waals surface area contributed by atoms with Crippen LogP contribution in [0.5, 0.6) is 5.75 Å². The van der Waals surface area contributed by atoms with Gasteiger partial charge in [-0.2, -0.15) is 0 Å². The lowest BCUT2D eigenvalue weighted by molar-refractivity contribution is -0.117. The number of aromatic nitrogens is 1. The summed E-state index contributed by atoms with van der Waals surface area (Å²) in [4.78, 5) is 30.6. The largest absolute Gasteiger partial charge is 0.497 e. The first-order chi connectivity index (χ1) is 14.4. The van der Waals surface area contributed by atoms with Crippen LogP contribution in [-0.2, 0) is 11.2 Å². The molecule has 1 aliphatic carbocycles. The second kappa shape index (κ2) is 8.41. The smallest absolute Gasteiger partial charge is 0.257 e. The number of amides is 2. The van der Waals surface area contributed by atoms with Crippen LogP contribution < -0.4 is 15.4 Å². The number of thiazole rings is 1. The van der Waals surface area contributed by atoms with E-state index in [2.05, 4.69) is 15.6 Å².